The van der Waals surface area contributed by atoms with Crippen LogP contribution in [0.15, 0.2) is 54.0 Å². The van der Waals surface area contributed by atoms with Crippen molar-refractivity contribution < 1.29 is 4.79 Å². The van der Waals surface area contributed by atoms with Crippen molar-refractivity contribution >= 4 is 22.8 Å². The molecule has 0 N–H and O–H groups in total. The summed E-state index contributed by atoms with van der Waals surface area (Å²) in [6.07, 6.45) is 3.64. The van der Waals surface area contributed by atoms with E-state index < -0.39 is 0 Å². The average Bonchev–Trinajstić information content (AvgIpc) is 3.09. The third-order valence-electron chi connectivity index (χ3n) is 3.27. The Kier molecular flexibility index (Phi) is 3.47. The minimum Gasteiger partial charge on any atom is -0.318 e. The zero-order valence-corrected chi connectivity index (χ0v) is 11.4. The highest BCUT2D eigenvalue weighted by Gasteiger charge is 2.19. The Bertz CT molecular complexity index is 586. The van der Waals surface area contributed by atoms with E-state index in [1.54, 1.807) is 11.3 Å². The Morgan fingerprint density at radius 2 is 2.00 bits per heavy atom. The average molecular weight is 269 g/mol. The van der Waals surface area contributed by atoms with E-state index in [4.69, 9.17) is 0 Å². The van der Waals surface area contributed by atoms with Crippen LogP contribution in [0.2, 0.25) is 0 Å². The fraction of sp³-hybridized carbons (Fsp3) is 0.188. The van der Waals surface area contributed by atoms with Gasteiger partial charge in [0.2, 0.25) is 5.91 Å². The van der Waals surface area contributed by atoms with Gasteiger partial charge in [0.15, 0.2) is 0 Å². The number of carbonyl (C=O) groups excluding carboxylic acids is 1. The van der Waals surface area contributed by atoms with Crippen molar-refractivity contribution in [2.45, 2.75) is 12.8 Å². The van der Waals surface area contributed by atoms with E-state index in [1.807, 2.05) is 35.4 Å². The Balaban J connectivity index is 2.02. The van der Waals surface area contributed by atoms with Gasteiger partial charge in [0, 0.05) is 29.6 Å². The van der Waals surface area contributed by atoms with Gasteiger partial charge in [0.25, 0.3) is 0 Å². The minimum absolute atomic E-state index is 0.227. The molecule has 1 aromatic carbocycles. The summed E-state index contributed by atoms with van der Waals surface area (Å²) in [5, 5.41) is 2.07. The second-order valence-corrected chi connectivity index (χ2v) is 5.52. The molecule has 2 aromatic rings. The molecular formula is C16H15NOS. The topological polar surface area (TPSA) is 20.3 Å². The van der Waals surface area contributed by atoms with Crippen LogP contribution in [-0.4, -0.2) is 17.4 Å². The van der Waals surface area contributed by atoms with Crippen molar-refractivity contribution in [2.24, 2.45) is 0 Å². The van der Waals surface area contributed by atoms with E-state index in [9.17, 15) is 4.79 Å². The second kappa shape index (κ2) is 5.41. The molecule has 1 fully saturated rings. The summed E-state index contributed by atoms with van der Waals surface area (Å²) >= 11 is 1.70. The molecule has 1 aliphatic rings. The molecule has 19 heavy (non-hydrogen) atoms. The summed E-state index contributed by atoms with van der Waals surface area (Å²) in [5.41, 5.74) is 2.29. The number of benzene rings is 1. The summed E-state index contributed by atoms with van der Waals surface area (Å²) in [7, 11) is 0. The first kappa shape index (κ1) is 12.2. The summed E-state index contributed by atoms with van der Waals surface area (Å²) in [6, 6.07) is 14.4. The fourth-order valence-electron chi connectivity index (χ4n) is 2.29. The third-order valence-corrected chi connectivity index (χ3v) is 4.17. The molecule has 0 unspecified atom stereocenters. The van der Waals surface area contributed by atoms with Crippen molar-refractivity contribution in [1.82, 2.24) is 4.90 Å². The quantitative estimate of drug-likeness (QED) is 0.830. The highest BCUT2D eigenvalue weighted by atomic mass is 32.1. The number of carbonyl (C=O) groups is 1. The van der Waals surface area contributed by atoms with E-state index in [0.717, 1.165) is 24.1 Å². The van der Waals surface area contributed by atoms with Crippen molar-refractivity contribution in [3.05, 3.63) is 64.5 Å². The Hall–Kier alpha value is -1.87. The zero-order chi connectivity index (χ0) is 13.1. The van der Waals surface area contributed by atoms with Gasteiger partial charge in [-0.3, -0.25) is 4.79 Å². The van der Waals surface area contributed by atoms with Crippen LogP contribution < -0.4 is 0 Å². The van der Waals surface area contributed by atoms with E-state index in [2.05, 4.69) is 23.6 Å². The normalized spacial score (nSPS) is 16.1. The highest BCUT2D eigenvalue weighted by Crippen LogP contribution is 2.28. The van der Waals surface area contributed by atoms with Gasteiger partial charge in [0.1, 0.15) is 0 Å². The maximum Gasteiger partial charge on any atom is 0.226 e. The van der Waals surface area contributed by atoms with Crippen LogP contribution in [0.4, 0.5) is 0 Å². The van der Waals surface area contributed by atoms with Crippen LogP contribution in [0, 0.1) is 0 Å². The largest absolute Gasteiger partial charge is 0.318 e. The number of hydrogen-bond donors (Lipinski definition) is 0. The molecule has 0 spiro atoms. The molecule has 1 amide bonds. The van der Waals surface area contributed by atoms with Gasteiger partial charge < -0.3 is 4.90 Å². The first-order valence-electron chi connectivity index (χ1n) is 6.45. The van der Waals surface area contributed by atoms with Gasteiger partial charge in [0.05, 0.1) is 0 Å². The van der Waals surface area contributed by atoms with Gasteiger partial charge in [-0.1, -0.05) is 36.4 Å². The van der Waals surface area contributed by atoms with Crippen LogP contribution in [0.25, 0.3) is 5.57 Å². The lowest BCUT2D eigenvalue weighted by atomic mass is 10.1. The lowest BCUT2D eigenvalue weighted by Gasteiger charge is -2.13. The predicted molar refractivity (Wildman–Crippen MR) is 78.8 cm³/mol. The van der Waals surface area contributed by atoms with Gasteiger partial charge >= 0.3 is 0 Å². The van der Waals surface area contributed by atoms with Gasteiger partial charge in [-0.15, -0.1) is 11.3 Å². The van der Waals surface area contributed by atoms with Crippen LogP contribution in [-0.2, 0) is 4.79 Å². The molecule has 0 radical (unpaired) electrons. The lowest BCUT2D eigenvalue weighted by molar-refractivity contribution is -0.125. The second-order valence-electron chi connectivity index (χ2n) is 4.58. The highest BCUT2D eigenvalue weighted by molar-refractivity contribution is 7.11. The van der Waals surface area contributed by atoms with E-state index in [0.29, 0.717) is 6.42 Å². The molecule has 3 heteroatoms. The van der Waals surface area contributed by atoms with Crippen LogP contribution in [0.5, 0.6) is 0 Å². The molecule has 0 atom stereocenters. The van der Waals surface area contributed by atoms with E-state index in [1.165, 1.54) is 4.88 Å². The van der Waals surface area contributed by atoms with Crippen molar-refractivity contribution in [2.75, 3.05) is 6.54 Å². The van der Waals surface area contributed by atoms with Crippen LogP contribution >= 0.6 is 11.3 Å². The lowest BCUT2D eigenvalue weighted by Crippen LogP contribution is -2.18. The van der Waals surface area contributed by atoms with Crippen molar-refractivity contribution in [1.29, 1.82) is 0 Å². The van der Waals surface area contributed by atoms with Crippen LogP contribution in [0.1, 0.15) is 23.3 Å². The molecule has 1 aliphatic heterocycles. The molecule has 0 aliphatic carbocycles. The number of thiophene rings is 1. The summed E-state index contributed by atoms with van der Waals surface area (Å²) in [6.45, 7) is 0.834. The molecule has 0 bridgehead atoms. The molecule has 2 nitrogen and oxygen atoms in total. The molecule has 0 saturated carbocycles. The number of likely N-dealkylation sites (tertiary alicyclic amines) is 1. The van der Waals surface area contributed by atoms with Crippen molar-refractivity contribution in [3.63, 3.8) is 0 Å². The summed E-state index contributed by atoms with van der Waals surface area (Å²) in [5.74, 6) is 0.227. The maximum absolute atomic E-state index is 11.8. The Labute approximate surface area is 117 Å². The molecule has 2 heterocycles. The molecule has 1 aromatic heterocycles. The number of amides is 1. The predicted octanol–water partition coefficient (Wildman–Crippen LogP) is 3.76. The summed E-state index contributed by atoms with van der Waals surface area (Å²) < 4.78 is 0. The fourth-order valence-corrected chi connectivity index (χ4v) is 3.05. The monoisotopic (exact) mass is 269 g/mol. The van der Waals surface area contributed by atoms with Crippen LogP contribution in [0.3, 0.4) is 0 Å². The Morgan fingerprint density at radius 1 is 1.16 bits per heavy atom. The first-order chi connectivity index (χ1) is 9.34. The zero-order valence-electron chi connectivity index (χ0n) is 10.6. The van der Waals surface area contributed by atoms with E-state index >= 15 is 0 Å². The maximum atomic E-state index is 11.8. The third kappa shape index (κ3) is 2.61. The molecular weight excluding hydrogens is 254 g/mol. The first-order valence-corrected chi connectivity index (χ1v) is 7.33. The van der Waals surface area contributed by atoms with Gasteiger partial charge in [-0.2, -0.15) is 0 Å². The minimum atomic E-state index is 0.227. The van der Waals surface area contributed by atoms with Gasteiger partial charge in [-0.25, -0.2) is 0 Å². The number of rotatable bonds is 3. The summed E-state index contributed by atoms with van der Waals surface area (Å²) in [4.78, 5) is 14.8. The van der Waals surface area contributed by atoms with Gasteiger partial charge in [-0.05, 0) is 23.4 Å². The Morgan fingerprint density at radius 3 is 2.63 bits per heavy atom. The SMILES string of the molecule is O=C1CCCN1/C=C(\c1ccccc1)c1cccs1. The molecule has 1 saturated heterocycles. The standard InChI is InChI=1S/C16H15NOS/c18-16-9-4-10-17(16)12-14(15-8-5-11-19-15)13-6-2-1-3-7-13/h1-3,5-8,11-12H,4,9-10H2/b14-12+. The van der Waals surface area contributed by atoms with E-state index in [-0.39, 0.29) is 5.91 Å². The number of hydrogen-bond acceptors (Lipinski definition) is 2. The molecule has 96 valence electrons. The number of nitrogens with zero attached hydrogens (tertiary/aromatic N) is 1. The van der Waals surface area contributed by atoms with Crippen molar-refractivity contribution in [3.8, 4) is 0 Å². The smallest absolute Gasteiger partial charge is 0.226 e. The molecule has 3 rings (SSSR count).